The lowest BCUT2D eigenvalue weighted by Crippen LogP contribution is -2.57. The van der Waals surface area contributed by atoms with Crippen LogP contribution in [-0.2, 0) is 0 Å². The molecule has 1 heterocycles. The summed E-state index contributed by atoms with van der Waals surface area (Å²) in [4.78, 5) is 11.7. The number of halogens is 4. The van der Waals surface area contributed by atoms with E-state index in [4.69, 9.17) is 10.2 Å². The fourth-order valence-electron chi connectivity index (χ4n) is 1.51. The fraction of sp³-hybridized carbons (Fsp3) is 0.250. The number of benzene rings is 1. The van der Waals surface area contributed by atoms with E-state index in [9.17, 15) is 22.4 Å². The maximum Gasteiger partial charge on any atom is 0.413 e. The van der Waals surface area contributed by atoms with Crippen molar-refractivity contribution >= 4 is 16.8 Å². The van der Waals surface area contributed by atoms with E-state index < -0.39 is 29.1 Å². The highest BCUT2D eigenvalue weighted by Crippen LogP contribution is 2.32. The van der Waals surface area contributed by atoms with E-state index in [0.717, 1.165) is 18.2 Å². The first-order valence-electron chi connectivity index (χ1n) is 5.22. The summed E-state index contributed by atoms with van der Waals surface area (Å²) in [6.07, 6.45) is -4.91. The summed E-state index contributed by atoms with van der Waals surface area (Å²) in [5, 5.41) is 0.196. The highest BCUT2D eigenvalue weighted by Gasteiger charge is 2.54. The van der Waals surface area contributed by atoms with E-state index in [0.29, 0.717) is 6.92 Å². The van der Waals surface area contributed by atoms with Crippen molar-refractivity contribution < 1.29 is 26.8 Å². The monoisotopic (exact) mass is 275 g/mol. The number of furan rings is 1. The molecule has 2 N–H and O–H groups in total. The van der Waals surface area contributed by atoms with Gasteiger partial charge in [0.25, 0.3) is 0 Å². The molecule has 1 aromatic carbocycles. The number of fused-ring (bicyclic) bond motifs is 1. The van der Waals surface area contributed by atoms with Crippen LogP contribution in [0.3, 0.4) is 0 Å². The predicted molar refractivity (Wildman–Crippen MR) is 59.1 cm³/mol. The van der Waals surface area contributed by atoms with E-state index in [1.807, 2.05) is 0 Å². The first-order valence-corrected chi connectivity index (χ1v) is 5.22. The largest absolute Gasteiger partial charge is 0.453 e. The summed E-state index contributed by atoms with van der Waals surface area (Å²) in [6, 6.07) is 4.39. The normalized spacial score (nSPS) is 15.5. The molecule has 0 aliphatic rings. The third kappa shape index (κ3) is 2.21. The van der Waals surface area contributed by atoms with Gasteiger partial charge in [-0.1, -0.05) is 0 Å². The van der Waals surface area contributed by atoms with Crippen molar-refractivity contribution in [3.05, 3.63) is 35.8 Å². The number of carbonyl (C=O) groups excluding carboxylic acids is 1. The highest BCUT2D eigenvalue weighted by molar-refractivity contribution is 6.03. The maximum absolute atomic E-state index is 12.9. The zero-order valence-electron chi connectivity index (χ0n) is 9.72. The van der Waals surface area contributed by atoms with Crippen LogP contribution in [0.15, 0.2) is 28.7 Å². The third-order valence-corrected chi connectivity index (χ3v) is 2.76. The summed E-state index contributed by atoms with van der Waals surface area (Å²) in [7, 11) is 0. The molecule has 0 amide bonds. The summed E-state index contributed by atoms with van der Waals surface area (Å²) < 4.78 is 55.8. The Morgan fingerprint density at radius 1 is 1.26 bits per heavy atom. The van der Waals surface area contributed by atoms with Crippen molar-refractivity contribution in [3.63, 3.8) is 0 Å². The summed E-state index contributed by atoms with van der Waals surface area (Å²) >= 11 is 0. The molecule has 1 aromatic heterocycles. The van der Waals surface area contributed by atoms with Crippen LogP contribution < -0.4 is 5.73 Å². The fourth-order valence-corrected chi connectivity index (χ4v) is 1.51. The molecular weight excluding hydrogens is 266 g/mol. The summed E-state index contributed by atoms with van der Waals surface area (Å²) in [5.74, 6) is -2.54. The number of hydrogen-bond acceptors (Lipinski definition) is 3. The molecule has 0 saturated heterocycles. The number of rotatable bonds is 2. The van der Waals surface area contributed by atoms with Crippen LogP contribution in [0, 0.1) is 5.82 Å². The SMILES string of the molecule is CC(N)(C(=O)c1cc2cc(F)ccc2o1)C(F)(F)F. The minimum atomic E-state index is -4.91. The van der Waals surface area contributed by atoms with Crippen molar-refractivity contribution in [2.24, 2.45) is 5.73 Å². The average Bonchev–Trinajstić information content (AvgIpc) is 2.68. The molecule has 1 unspecified atom stereocenters. The Morgan fingerprint density at radius 2 is 1.89 bits per heavy atom. The Bertz CT molecular complexity index is 643. The van der Waals surface area contributed by atoms with Crippen LogP contribution in [0.5, 0.6) is 0 Å². The molecule has 0 bridgehead atoms. The number of nitrogens with two attached hydrogens (primary N) is 1. The first-order chi connectivity index (χ1) is 8.63. The lowest BCUT2D eigenvalue weighted by atomic mass is 9.95. The zero-order chi connectivity index (χ0) is 14.4. The standard InChI is InChI=1S/C12H9F4NO2/c1-11(17,12(14,15)16)10(18)9-5-6-4-7(13)2-3-8(6)19-9/h2-5H,17H2,1H3. The molecule has 0 fully saturated rings. The zero-order valence-corrected chi connectivity index (χ0v) is 9.72. The molecular formula is C12H9F4NO2. The predicted octanol–water partition coefficient (Wildman–Crippen LogP) is 3.03. The molecule has 0 aliphatic heterocycles. The topological polar surface area (TPSA) is 56.2 Å². The second-order valence-electron chi connectivity index (χ2n) is 4.32. The van der Waals surface area contributed by atoms with Gasteiger partial charge in [0, 0.05) is 5.39 Å². The van der Waals surface area contributed by atoms with Gasteiger partial charge < -0.3 is 10.2 Å². The van der Waals surface area contributed by atoms with Gasteiger partial charge in [-0.15, -0.1) is 0 Å². The van der Waals surface area contributed by atoms with Gasteiger partial charge in [0.15, 0.2) is 11.3 Å². The van der Waals surface area contributed by atoms with Crippen molar-refractivity contribution in [3.8, 4) is 0 Å². The van der Waals surface area contributed by atoms with Crippen LogP contribution in [0.25, 0.3) is 11.0 Å². The van der Waals surface area contributed by atoms with Crippen LogP contribution in [0.2, 0.25) is 0 Å². The Hall–Kier alpha value is -1.89. The van der Waals surface area contributed by atoms with Crippen molar-refractivity contribution in [2.75, 3.05) is 0 Å². The van der Waals surface area contributed by atoms with Crippen molar-refractivity contribution in [1.82, 2.24) is 0 Å². The molecule has 102 valence electrons. The van der Waals surface area contributed by atoms with Gasteiger partial charge in [-0.3, -0.25) is 4.79 Å². The molecule has 0 spiro atoms. The lowest BCUT2D eigenvalue weighted by Gasteiger charge is -2.24. The Kier molecular flexibility index (Phi) is 2.89. The average molecular weight is 275 g/mol. The molecule has 1 atom stereocenters. The van der Waals surface area contributed by atoms with Crippen molar-refractivity contribution in [2.45, 2.75) is 18.6 Å². The van der Waals surface area contributed by atoms with Gasteiger partial charge in [-0.25, -0.2) is 4.39 Å². The molecule has 0 aliphatic carbocycles. The van der Waals surface area contributed by atoms with Gasteiger partial charge in [0.2, 0.25) is 5.78 Å². The first kappa shape index (κ1) is 13.5. The molecule has 19 heavy (non-hydrogen) atoms. The Labute approximate surface area is 105 Å². The Balaban J connectivity index is 2.48. The smallest absolute Gasteiger partial charge is 0.413 e. The number of alkyl halides is 3. The minimum absolute atomic E-state index is 0.114. The minimum Gasteiger partial charge on any atom is -0.453 e. The van der Waals surface area contributed by atoms with E-state index in [2.05, 4.69) is 0 Å². The van der Waals surface area contributed by atoms with E-state index in [1.54, 1.807) is 0 Å². The molecule has 3 nitrogen and oxygen atoms in total. The van der Waals surface area contributed by atoms with Crippen molar-refractivity contribution in [1.29, 1.82) is 0 Å². The molecule has 2 rings (SSSR count). The van der Waals surface area contributed by atoms with E-state index >= 15 is 0 Å². The number of ketones is 1. The highest BCUT2D eigenvalue weighted by atomic mass is 19.4. The molecule has 7 heteroatoms. The second kappa shape index (κ2) is 4.06. The quantitative estimate of drug-likeness (QED) is 0.677. The van der Waals surface area contributed by atoms with Gasteiger partial charge >= 0.3 is 6.18 Å². The maximum atomic E-state index is 12.9. The van der Waals surface area contributed by atoms with Crippen LogP contribution in [-0.4, -0.2) is 17.5 Å². The van der Waals surface area contributed by atoms with Gasteiger partial charge in [0.05, 0.1) is 0 Å². The van der Waals surface area contributed by atoms with E-state index in [1.165, 1.54) is 6.07 Å². The van der Waals surface area contributed by atoms with Crippen LogP contribution in [0.4, 0.5) is 17.6 Å². The molecule has 0 saturated carbocycles. The van der Waals surface area contributed by atoms with Gasteiger partial charge in [0.1, 0.15) is 11.4 Å². The lowest BCUT2D eigenvalue weighted by molar-refractivity contribution is -0.166. The second-order valence-corrected chi connectivity index (χ2v) is 4.32. The van der Waals surface area contributed by atoms with Gasteiger partial charge in [-0.05, 0) is 31.2 Å². The third-order valence-electron chi connectivity index (χ3n) is 2.76. The number of Topliss-reactive ketones (excluding diaryl/α,β-unsaturated/α-hetero) is 1. The number of hydrogen-bond donors (Lipinski definition) is 1. The van der Waals surface area contributed by atoms with Gasteiger partial charge in [-0.2, -0.15) is 13.2 Å². The number of carbonyl (C=O) groups is 1. The van der Waals surface area contributed by atoms with Crippen LogP contribution >= 0.6 is 0 Å². The molecule has 0 radical (unpaired) electrons. The Morgan fingerprint density at radius 3 is 2.47 bits per heavy atom. The molecule has 2 aromatic rings. The van der Waals surface area contributed by atoms with Crippen LogP contribution in [0.1, 0.15) is 17.5 Å². The summed E-state index contributed by atoms with van der Waals surface area (Å²) in [6.45, 7) is 0.559. The summed E-state index contributed by atoms with van der Waals surface area (Å²) in [5.41, 5.74) is 2.07. The van der Waals surface area contributed by atoms with E-state index in [-0.39, 0.29) is 11.0 Å².